The first-order chi connectivity index (χ1) is 14.0. The second-order valence-corrected chi connectivity index (χ2v) is 6.79. The molecule has 1 unspecified atom stereocenters. The number of benzene rings is 1. The summed E-state index contributed by atoms with van der Waals surface area (Å²) in [5.41, 5.74) is 7.03. The van der Waals surface area contributed by atoms with Crippen molar-refractivity contribution in [3.8, 4) is 0 Å². The first-order valence-corrected chi connectivity index (χ1v) is 9.17. The fourth-order valence-corrected chi connectivity index (χ4v) is 3.51. The molecule has 0 radical (unpaired) electrons. The van der Waals surface area contributed by atoms with Gasteiger partial charge in [0, 0.05) is 18.7 Å². The first kappa shape index (κ1) is 18.7. The Hall–Kier alpha value is -3.60. The van der Waals surface area contributed by atoms with Gasteiger partial charge in [-0.2, -0.15) is 0 Å². The van der Waals surface area contributed by atoms with Crippen molar-refractivity contribution in [2.75, 3.05) is 11.9 Å². The third kappa shape index (κ3) is 3.36. The number of carbonyl (C=O) groups excluding carboxylic acids is 4. The maximum Gasteiger partial charge on any atom is 0.264 e. The Labute approximate surface area is 165 Å². The monoisotopic (exact) mass is 397 g/mol. The van der Waals surface area contributed by atoms with Gasteiger partial charge in [-0.25, -0.2) is 0 Å². The number of piperidine rings is 1. The van der Waals surface area contributed by atoms with E-state index in [1.807, 2.05) is 0 Å². The highest BCUT2D eigenvalue weighted by molar-refractivity contribution is 6.25. The summed E-state index contributed by atoms with van der Waals surface area (Å²) in [4.78, 5) is 50.3. The quantitative estimate of drug-likeness (QED) is 0.538. The van der Waals surface area contributed by atoms with E-state index in [1.54, 1.807) is 29.1 Å². The largest absolute Gasteiger partial charge is 0.379 e. The van der Waals surface area contributed by atoms with E-state index < -0.39 is 29.7 Å². The summed E-state index contributed by atoms with van der Waals surface area (Å²) in [6.07, 6.45) is 1.93. The highest BCUT2D eigenvalue weighted by atomic mass is 16.2. The predicted molar refractivity (Wildman–Crippen MR) is 99.5 cm³/mol. The van der Waals surface area contributed by atoms with Crippen LogP contribution >= 0.6 is 0 Å². The van der Waals surface area contributed by atoms with E-state index in [-0.39, 0.29) is 24.0 Å². The summed E-state index contributed by atoms with van der Waals surface area (Å²) in [6.45, 7) is 1.28. The van der Waals surface area contributed by atoms with E-state index in [0.717, 1.165) is 4.90 Å². The number of anilines is 1. The van der Waals surface area contributed by atoms with Gasteiger partial charge in [0.2, 0.25) is 11.8 Å². The first-order valence-electron chi connectivity index (χ1n) is 9.17. The van der Waals surface area contributed by atoms with E-state index in [2.05, 4.69) is 20.9 Å². The second kappa shape index (κ2) is 7.43. The van der Waals surface area contributed by atoms with Crippen LogP contribution < -0.4 is 16.4 Å². The van der Waals surface area contributed by atoms with Gasteiger partial charge in [0.15, 0.2) is 0 Å². The van der Waals surface area contributed by atoms with Crippen LogP contribution in [0, 0.1) is 0 Å². The number of carbonyl (C=O) groups is 4. The maximum atomic E-state index is 13.0. The molecule has 1 saturated heterocycles. The minimum absolute atomic E-state index is 0.0768. The lowest BCUT2D eigenvalue weighted by Gasteiger charge is -2.27. The molecule has 1 fully saturated rings. The number of nitrogens with two attached hydrogens (primary N) is 1. The molecule has 4 N–H and O–H groups in total. The number of imide groups is 2. The zero-order valence-corrected chi connectivity index (χ0v) is 15.4. The second-order valence-electron chi connectivity index (χ2n) is 6.79. The summed E-state index contributed by atoms with van der Waals surface area (Å²) in [5, 5.41) is 13.3. The Morgan fingerprint density at radius 1 is 1.21 bits per heavy atom. The van der Waals surface area contributed by atoms with Gasteiger partial charge in [0.1, 0.15) is 11.7 Å². The molecule has 0 saturated carbocycles. The van der Waals surface area contributed by atoms with E-state index in [9.17, 15) is 19.2 Å². The fourth-order valence-electron chi connectivity index (χ4n) is 3.51. The molecular weight excluding hydrogens is 378 g/mol. The van der Waals surface area contributed by atoms with E-state index in [0.29, 0.717) is 31.0 Å². The number of hydrogen-bond donors (Lipinski definition) is 3. The van der Waals surface area contributed by atoms with Gasteiger partial charge >= 0.3 is 0 Å². The van der Waals surface area contributed by atoms with Crippen LogP contribution in [-0.4, -0.2) is 56.1 Å². The topological polar surface area (TPSA) is 152 Å². The lowest BCUT2D eigenvalue weighted by molar-refractivity contribution is -0.136. The molecule has 150 valence electrons. The number of aromatic nitrogens is 3. The van der Waals surface area contributed by atoms with Crippen molar-refractivity contribution < 1.29 is 19.2 Å². The molecule has 11 heteroatoms. The Balaban J connectivity index is 1.56. The highest BCUT2D eigenvalue weighted by Crippen LogP contribution is 2.32. The average Bonchev–Trinajstić information content (AvgIpc) is 3.24. The summed E-state index contributed by atoms with van der Waals surface area (Å²) in [7, 11) is 0. The molecule has 3 heterocycles. The SMILES string of the molecule is NCCn1cc(CNc2cccc3c2C(=O)N(C2CCC(=O)NC2=O)C3=O)nn1. The van der Waals surface area contributed by atoms with Gasteiger partial charge < -0.3 is 11.1 Å². The molecule has 29 heavy (non-hydrogen) atoms. The van der Waals surface area contributed by atoms with Crippen molar-refractivity contribution in [1.82, 2.24) is 25.2 Å². The van der Waals surface area contributed by atoms with E-state index >= 15 is 0 Å². The average molecular weight is 397 g/mol. The fraction of sp³-hybridized carbons (Fsp3) is 0.333. The number of nitrogens with zero attached hydrogens (tertiary/aromatic N) is 4. The van der Waals surface area contributed by atoms with Crippen molar-refractivity contribution in [3.63, 3.8) is 0 Å². The van der Waals surface area contributed by atoms with Gasteiger partial charge in [-0.05, 0) is 18.6 Å². The number of hydrogen-bond acceptors (Lipinski definition) is 8. The molecular formula is C18H19N7O4. The number of fused-ring (bicyclic) bond motifs is 1. The minimum Gasteiger partial charge on any atom is -0.379 e. The van der Waals surface area contributed by atoms with Gasteiger partial charge in [0.25, 0.3) is 11.8 Å². The zero-order chi connectivity index (χ0) is 20.5. The molecule has 1 aromatic heterocycles. The van der Waals surface area contributed by atoms with Crippen LogP contribution in [0.15, 0.2) is 24.4 Å². The van der Waals surface area contributed by atoms with Crippen LogP contribution in [0.4, 0.5) is 5.69 Å². The van der Waals surface area contributed by atoms with Crippen LogP contribution in [0.3, 0.4) is 0 Å². The molecule has 0 aliphatic carbocycles. The molecule has 0 spiro atoms. The van der Waals surface area contributed by atoms with Gasteiger partial charge in [-0.1, -0.05) is 11.3 Å². The van der Waals surface area contributed by atoms with Gasteiger partial charge in [0.05, 0.1) is 30.4 Å². The van der Waals surface area contributed by atoms with Crippen LogP contribution in [0.1, 0.15) is 39.3 Å². The third-order valence-corrected chi connectivity index (χ3v) is 4.87. The molecule has 1 aromatic carbocycles. The number of nitrogens with one attached hydrogen (secondary N) is 2. The molecule has 11 nitrogen and oxygen atoms in total. The van der Waals surface area contributed by atoms with Crippen molar-refractivity contribution in [3.05, 3.63) is 41.2 Å². The smallest absolute Gasteiger partial charge is 0.264 e. The molecule has 4 rings (SSSR count). The highest BCUT2D eigenvalue weighted by Gasteiger charge is 2.45. The van der Waals surface area contributed by atoms with E-state index in [1.165, 1.54) is 0 Å². The Morgan fingerprint density at radius 3 is 2.79 bits per heavy atom. The van der Waals surface area contributed by atoms with Crippen molar-refractivity contribution in [2.45, 2.75) is 32.0 Å². The molecule has 4 amide bonds. The summed E-state index contributed by atoms with van der Waals surface area (Å²) in [6, 6.07) is 3.89. The molecule has 2 aliphatic heterocycles. The third-order valence-electron chi connectivity index (χ3n) is 4.87. The zero-order valence-electron chi connectivity index (χ0n) is 15.4. The van der Waals surface area contributed by atoms with Crippen LogP contribution in [0.5, 0.6) is 0 Å². The predicted octanol–water partition coefficient (Wildman–Crippen LogP) is -0.750. The van der Waals surface area contributed by atoms with Crippen LogP contribution in [0.2, 0.25) is 0 Å². The number of amides is 4. The lowest BCUT2D eigenvalue weighted by atomic mass is 10.0. The summed E-state index contributed by atoms with van der Waals surface area (Å²) >= 11 is 0. The molecule has 0 bridgehead atoms. The summed E-state index contributed by atoms with van der Waals surface area (Å²) < 4.78 is 1.62. The van der Waals surface area contributed by atoms with Gasteiger partial charge in [-0.15, -0.1) is 5.10 Å². The van der Waals surface area contributed by atoms with Crippen LogP contribution in [-0.2, 0) is 22.7 Å². The van der Waals surface area contributed by atoms with Crippen molar-refractivity contribution in [2.24, 2.45) is 5.73 Å². The standard InChI is InChI=1S/C18H19N7O4/c19-6-7-24-9-10(22-23-24)8-20-12-3-1-2-11-15(12)18(29)25(17(11)28)13-4-5-14(26)21-16(13)27/h1-3,9,13,20H,4-8,19H2,(H,21,26,27). The Bertz CT molecular complexity index is 1020. The molecule has 2 aliphatic rings. The van der Waals surface area contributed by atoms with E-state index in [4.69, 9.17) is 5.73 Å². The lowest BCUT2D eigenvalue weighted by Crippen LogP contribution is -2.54. The Kier molecular flexibility index (Phi) is 4.80. The summed E-state index contributed by atoms with van der Waals surface area (Å²) in [5.74, 6) is -2.15. The maximum absolute atomic E-state index is 13.0. The van der Waals surface area contributed by atoms with Gasteiger partial charge in [-0.3, -0.25) is 34.1 Å². The van der Waals surface area contributed by atoms with Crippen molar-refractivity contribution in [1.29, 1.82) is 0 Å². The number of rotatable bonds is 6. The normalized spacial score (nSPS) is 18.8. The Morgan fingerprint density at radius 2 is 2.03 bits per heavy atom. The van der Waals surface area contributed by atoms with Crippen molar-refractivity contribution >= 4 is 29.3 Å². The molecule has 1 atom stereocenters. The molecule has 2 aromatic rings. The van der Waals surface area contributed by atoms with Crippen LogP contribution in [0.25, 0.3) is 0 Å². The minimum atomic E-state index is -0.996.